The summed E-state index contributed by atoms with van der Waals surface area (Å²) in [7, 11) is 0. The van der Waals surface area contributed by atoms with Crippen LogP contribution in [0.4, 0.5) is 0 Å². The lowest BCUT2D eigenvalue weighted by Gasteiger charge is -1.96. The number of nitrogens with zero attached hydrogens (tertiary/aromatic N) is 1. The van der Waals surface area contributed by atoms with Crippen LogP contribution in [0.25, 0.3) is 10.8 Å². The molecule has 1 aromatic heterocycles. The Morgan fingerprint density at radius 3 is 2.92 bits per heavy atom. The van der Waals surface area contributed by atoms with Gasteiger partial charge in [-0.15, -0.1) is 0 Å². The molecule has 1 aromatic carbocycles. The molecule has 0 fully saturated rings. The maximum absolute atomic E-state index is 9.17. The monoisotopic (exact) mass is 160 g/mol. The summed E-state index contributed by atoms with van der Waals surface area (Å²) >= 11 is 0. The molecule has 0 amide bonds. The molecule has 0 aliphatic rings. The second-order valence-electron chi connectivity index (χ2n) is 2.90. The highest BCUT2D eigenvalue weighted by atomic mass is 16.5. The summed E-state index contributed by atoms with van der Waals surface area (Å²) in [5.41, 5.74) is 1.18. The zero-order chi connectivity index (χ0) is 8.55. The molecule has 0 spiro atoms. The van der Waals surface area contributed by atoms with Gasteiger partial charge in [0.25, 0.3) is 0 Å². The summed E-state index contributed by atoms with van der Waals surface area (Å²) in [5, 5.41) is 11.4. The lowest BCUT2D eigenvalue weighted by Crippen LogP contribution is -2.28. The molecular formula is C10H10NO+. The second kappa shape index (κ2) is 2.48. The van der Waals surface area contributed by atoms with E-state index in [1.54, 1.807) is 12.4 Å². The van der Waals surface area contributed by atoms with E-state index in [2.05, 4.69) is 0 Å². The van der Waals surface area contributed by atoms with Crippen LogP contribution in [-0.2, 0) is 0 Å². The van der Waals surface area contributed by atoms with E-state index in [1.807, 2.05) is 31.2 Å². The van der Waals surface area contributed by atoms with Gasteiger partial charge in [-0.25, -0.2) is 0 Å². The van der Waals surface area contributed by atoms with Crippen LogP contribution < -0.4 is 4.73 Å². The number of hydrogen-bond donors (Lipinski definition) is 1. The zero-order valence-electron chi connectivity index (χ0n) is 6.86. The summed E-state index contributed by atoms with van der Waals surface area (Å²) in [6.07, 6.45) is 3.34. The fourth-order valence-electron chi connectivity index (χ4n) is 1.36. The molecular weight excluding hydrogens is 150 g/mol. The van der Waals surface area contributed by atoms with E-state index < -0.39 is 0 Å². The van der Waals surface area contributed by atoms with Crippen molar-refractivity contribution in [3.8, 4) is 0 Å². The van der Waals surface area contributed by atoms with Crippen LogP contribution in [0.2, 0.25) is 0 Å². The number of pyridine rings is 1. The SMILES string of the molecule is Cc1cccc2cc[n+](O)cc12. The Kier molecular flexibility index (Phi) is 1.47. The highest BCUT2D eigenvalue weighted by Crippen LogP contribution is 2.14. The van der Waals surface area contributed by atoms with Crippen molar-refractivity contribution in [3.05, 3.63) is 42.2 Å². The van der Waals surface area contributed by atoms with E-state index in [-0.39, 0.29) is 0 Å². The minimum Gasteiger partial charge on any atom is -0.285 e. The van der Waals surface area contributed by atoms with E-state index in [0.717, 1.165) is 15.5 Å². The Bertz CT molecular complexity index is 423. The van der Waals surface area contributed by atoms with E-state index in [4.69, 9.17) is 0 Å². The fourth-order valence-corrected chi connectivity index (χ4v) is 1.36. The third-order valence-corrected chi connectivity index (χ3v) is 2.03. The van der Waals surface area contributed by atoms with Gasteiger partial charge in [-0.3, -0.25) is 5.21 Å². The Hall–Kier alpha value is -1.57. The molecule has 0 saturated carbocycles. The smallest absolute Gasteiger partial charge is 0.230 e. The van der Waals surface area contributed by atoms with Crippen molar-refractivity contribution in [2.24, 2.45) is 0 Å². The molecule has 2 aromatic rings. The molecule has 0 radical (unpaired) electrons. The van der Waals surface area contributed by atoms with Crippen LogP contribution in [0.15, 0.2) is 36.7 Å². The van der Waals surface area contributed by atoms with Crippen molar-refractivity contribution < 1.29 is 9.94 Å². The quantitative estimate of drug-likeness (QED) is 0.460. The van der Waals surface area contributed by atoms with Crippen LogP contribution in [0.5, 0.6) is 0 Å². The van der Waals surface area contributed by atoms with Crippen LogP contribution in [0.1, 0.15) is 5.56 Å². The fraction of sp³-hybridized carbons (Fsp3) is 0.100. The van der Waals surface area contributed by atoms with Gasteiger partial charge in [0.2, 0.25) is 12.4 Å². The molecule has 2 heteroatoms. The molecule has 0 atom stereocenters. The first-order chi connectivity index (χ1) is 5.77. The first-order valence-electron chi connectivity index (χ1n) is 3.87. The average molecular weight is 160 g/mol. The van der Waals surface area contributed by atoms with Gasteiger partial charge in [0, 0.05) is 10.8 Å². The molecule has 60 valence electrons. The summed E-state index contributed by atoms with van der Waals surface area (Å²) in [4.78, 5) is 0. The lowest BCUT2D eigenvalue weighted by molar-refractivity contribution is -0.904. The Morgan fingerprint density at radius 1 is 1.25 bits per heavy atom. The third-order valence-electron chi connectivity index (χ3n) is 2.03. The second-order valence-corrected chi connectivity index (χ2v) is 2.90. The molecule has 0 bridgehead atoms. The lowest BCUT2D eigenvalue weighted by atomic mass is 10.1. The molecule has 1 N–H and O–H groups in total. The summed E-state index contributed by atoms with van der Waals surface area (Å²) in [6, 6.07) is 7.96. The number of hydrogen-bond acceptors (Lipinski definition) is 1. The first-order valence-corrected chi connectivity index (χ1v) is 3.87. The number of rotatable bonds is 0. The van der Waals surface area contributed by atoms with Crippen LogP contribution in [0, 0.1) is 6.92 Å². The predicted molar refractivity (Wildman–Crippen MR) is 46.1 cm³/mol. The van der Waals surface area contributed by atoms with E-state index >= 15 is 0 Å². The van der Waals surface area contributed by atoms with Crippen LogP contribution in [0.3, 0.4) is 0 Å². The Morgan fingerprint density at radius 2 is 2.08 bits per heavy atom. The van der Waals surface area contributed by atoms with Crippen LogP contribution >= 0.6 is 0 Å². The zero-order valence-corrected chi connectivity index (χ0v) is 6.86. The maximum Gasteiger partial charge on any atom is 0.230 e. The van der Waals surface area contributed by atoms with Crippen molar-refractivity contribution in [3.63, 3.8) is 0 Å². The van der Waals surface area contributed by atoms with Gasteiger partial charge in [-0.1, -0.05) is 18.2 Å². The van der Waals surface area contributed by atoms with Gasteiger partial charge in [0.15, 0.2) is 0 Å². The van der Waals surface area contributed by atoms with Gasteiger partial charge in [-0.05, 0) is 17.9 Å². The highest BCUT2D eigenvalue weighted by Gasteiger charge is 2.01. The van der Waals surface area contributed by atoms with Crippen LogP contribution in [-0.4, -0.2) is 5.21 Å². The number of benzene rings is 1. The third kappa shape index (κ3) is 1.01. The maximum atomic E-state index is 9.17. The normalized spacial score (nSPS) is 10.4. The van der Waals surface area contributed by atoms with E-state index in [1.165, 1.54) is 5.56 Å². The Labute approximate surface area is 70.7 Å². The standard InChI is InChI=1S/C10H10NO/c1-8-3-2-4-9-5-6-11(12)7-10(8)9/h2-7,12H,1H3/q+1. The van der Waals surface area contributed by atoms with Gasteiger partial charge in [0.1, 0.15) is 0 Å². The summed E-state index contributed by atoms with van der Waals surface area (Å²) < 4.78 is 1.08. The highest BCUT2D eigenvalue weighted by molar-refractivity contribution is 5.83. The van der Waals surface area contributed by atoms with Crippen molar-refractivity contribution in [2.75, 3.05) is 0 Å². The van der Waals surface area contributed by atoms with Crippen molar-refractivity contribution in [1.82, 2.24) is 0 Å². The van der Waals surface area contributed by atoms with Crippen molar-refractivity contribution in [2.45, 2.75) is 6.92 Å². The average Bonchev–Trinajstić information content (AvgIpc) is 2.07. The van der Waals surface area contributed by atoms with Gasteiger partial charge in [-0.2, -0.15) is 0 Å². The molecule has 0 unspecified atom stereocenters. The molecule has 0 aliphatic carbocycles. The molecule has 1 heterocycles. The van der Waals surface area contributed by atoms with Gasteiger partial charge in [0.05, 0.1) is 5.39 Å². The predicted octanol–water partition coefficient (Wildman–Crippen LogP) is 1.67. The molecule has 2 nitrogen and oxygen atoms in total. The number of aryl methyl sites for hydroxylation is 1. The largest absolute Gasteiger partial charge is 0.285 e. The molecule has 0 aliphatic heterocycles. The minimum absolute atomic E-state index is 1.08. The first kappa shape index (κ1) is 7.10. The van der Waals surface area contributed by atoms with Crippen molar-refractivity contribution >= 4 is 10.8 Å². The summed E-state index contributed by atoms with van der Waals surface area (Å²) in [5.74, 6) is 0. The minimum atomic E-state index is 1.08. The number of fused-ring (bicyclic) bond motifs is 1. The van der Waals surface area contributed by atoms with Gasteiger partial charge < -0.3 is 0 Å². The molecule has 12 heavy (non-hydrogen) atoms. The number of aromatic nitrogens is 1. The molecule has 2 rings (SSSR count). The topological polar surface area (TPSA) is 24.1 Å². The molecule has 0 saturated heterocycles. The van der Waals surface area contributed by atoms with Gasteiger partial charge >= 0.3 is 0 Å². The van der Waals surface area contributed by atoms with E-state index in [0.29, 0.717) is 0 Å². The van der Waals surface area contributed by atoms with Crippen molar-refractivity contribution in [1.29, 1.82) is 0 Å². The summed E-state index contributed by atoms with van der Waals surface area (Å²) in [6.45, 7) is 2.03. The van der Waals surface area contributed by atoms with E-state index in [9.17, 15) is 5.21 Å². The Balaban J connectivity index is 2.88.